The number of benzene rings is 3. The van der Waals surface area contributed by atoms with Gasteiger partial charge in [-0.1, -0.05) is 54.1 Å². The van der Waals surface area contributed by atoms with Gasteiger partial charge in [0.15, 0.2) is 6.54 Å². The van der Waals surface area contributed by atoms with Crippen molar-refractivity contribution in [3.05, 3.63) is 77.4 Å². The zero-order valence-corrected chi connectivity index (χ0v) is 16.5. The maximum Gasteiger partial charge on any atom is 0.326 e. The van der Waals surface area contributed by atoms with E-state index in [1.807, 2.05) is 51.2 Å². The standard InChI is InChI=1S/C23H25N3O2/c1-16-8-11-21(17(2)12-16)24-23(28)25-22(27)15-26(3)14-18-9-10-19-6-4-5-7-20(19)13-18/h4-13H,14-15H2,1-3H3,(H2,24,25,27,28)/p+1. The normalized spacial score (nSPS) is 11.8. The number of amides is 3. The van der Waals surface area contributed by atoms with E-state index in [9.17, 15) is 9.59 Å². The van der Waals surface area contributed by atoms with E-state index in [0.717, 1.165) is 21.6 Å². The summed E-state index contributed by atoms with van der Waals surface area (Å²) in [5, 5.41) is 7.52. The van der Waals surface area contributed by atoms with Gasteiger partial charge in [0.25, 0.3) is 5.91 Å². The van der Waals surface area contributed by atoms with Gasteiger partial charge in [-0.15, -0.1) is 0 Å². The quantitative estimate of drug-likeness (QED) is 0.641. The van der Waals surface area contributed by atoms with Crippen LogP contribution in [0.15, 0.2) is 60.7 Å². The minimum atomic E-state index is -0.504. The molecule has 3 aromatic carbocycles. The van der Waals surface area contributed by atoms with Crippen molar-refractivity contribution < 1.29 is 14.5 Å². The Kier molecular flexibility index (Phi) is 6.06. The first-order chi connectivity index (χ1) is 13.4. The Balaban J connectivity index is 1.52. The highest BCUT2D eigenvalue weighted by Gasteiger charge is 2.14. The maximum absolute atomic E-state index is 12.2. The summed E-state index contributed by atoms with van der Waals surface area (Å²) >= 11 is 0. The first-order valence-corrected chi connectivity index (χ1v) is 9.38. The molecular formula is C23H26N3O2+. The molecule has 0 heterocycles. The zero-order chi connectivity index (χ0) is 20.1. The van der Waals surface area contributed by atoms with Gasteiger partial charge >= 0.3 is 6.03 Å². The molecule has 0 radical (unpaired) electrons. The number of nitrogens with one attached hydrogen (secondary N) is 3. The lowest BCUT2D eigenvalue weighted by Gasteiger charge is -2.14. The average molecular weight is 376 g/mol. The fourth-order valence-corrected chi connectivity index (χ4v) is 3.31. The van der Waals surface area contributed by atoms with Crippen LogP contribution in [-0.2, 0) is 11.3 Å². The Labute approximate surface area is 165 Å². The van der Waals surface area contributed by atoms with Gasteiger partial charge in [-0.3, -0.25) is 10.1 Å². The van der Waals surface area contributed by atoms with Crippen molar-refractivity contribution in [1.82, 2.24) is 5.32 Å². The number of quaternary nitrogens is 1. The third-order valence-corrected chi connectivity index (χ3v) is 4.67. The van der Waals surface area contributed by atoms with Crippen molar-refractivity contribution in [2.45, 2.75) is 20.4 Å². The number of rotatable bonds is 5. The fraction of sp³-hybridized carbons (Fsp3) is 0.217. The molecule has 0 aliphatic carbocycles. The molecule has 1 unspecified atom stereocenters. The molecule has 3 rings (SSSR count). The van der Waals surface area contributed by atoms with Crippen LogP contribution in [0.1, 0.15) is 16.7 Å². The van der Waals surface area contributed by atoms with Crippen LogP contribution in [0.5, 0.6) is 0 Å². The molecule has 0 saturated heterocycles. The molecule has 0 spiro atoms. The third-order valence-electron chi connectivity index (χ3n) is 4.67. The highest BCUT2D eigenvalue weighted by molar-refractivity contribution is 6.01. The molecule has 5 heteroatoms. The van der Waals surface area contributed by atoms with Crippen molar-refractivity contribution in [3.63, 3.8) is 0 Å². The number of aryl methyl sites for hydroxylation is 2. The van der Waals surface area contributed by atoms with Crippen molar-refractivity contribution in [1.29, 1.82) is 0 Å². The van der Waals surface area contributed by atoms with E-state index in [2.05, 4.69) is 41.0 Å². The van der Waals surface area contributed by atoms with E-state index in [4.69, 9.17) is 0 Å². The molecule has 144 valence electrons. The van der Waals surface area contributed by atoms with Gasteiger partial charge in [-0.25, -0.2) is 4.79 Å². The summed E-state index contributed by atoms with van der Waals surface area (Å²) in [6, 6.07) is 19.8. The molecule has 28 heavy (non-hydrogen) atoms. The van der Waals surface area contributed by atoms with Crippen LogP contribution in [0, 0.1) is 13.8 Å². The second kappa shape index (κ2) is 8.67. The van der Waals surface area contributed by atoms with E-state index in [0.29, 0.717) is 12.2 Å². The van der Waals surface area contributed by atoms with E-state index >= 15 is 0 Å². The van der Waals surface area contributed by atoms with Crippen molar-refractivity contribution in [2.75, 3.05) is 18.9 Å². The molecular weight excluding hydrogens is 350 g/mol. The lowest BCUT2D eigenvalue weighted by molar-refractivity contribution is -0.885. The van der Waals surface area contributed by atoms with E-state index in [-0.39, 0.29) is 12.5 Å². The Morgan fingerprint density at radius 3 is 2.43 bits per heavy atom. The predicted molar refractivity (Wildman–Crippen MR) is 112 cm³/mol. The largest absolute Gasteiger partial charge is 0.326 e. The van der Waals surface area contributed by atoms with E-state index < -0.39 is 6.03 Å². The molecule has 0 saturated carbocycles. The SMILES string of the molecule is Cc1ccc(NC(=O)NC(=O)C[NH+](C)Cc2ccc3ccccc3c2)c(C)c1. The summed E-state index contributed by atoms with van der Waals surface area (Å²) in [4.78, 5) is 25.3. The summed E-state index contributed by atoms with van der Waals surface area (Å²) < 4.78 is 0. The van der Waals surface area contributed by atoms with Gasteiger partial charge in [-0.2, -0.15) is 0 Å². The first-order valence-electron chi connectivity index (χ1n) is 9.38. The average Bonchev–Trinajstić information content (AvgIpc) is 2.63. The number of likely N-dealkylation sites (N-methyl/N-ethyl adjacent to an activating group) is 1. The molecule has 0 aliphatic rings. The maximum atomic E-state index is 12.2. The number of imide groups is 1. The van der Waals surface area contributed by atoms with Crippen molar-refractivity contribution in [3.8, 4) is 0 Å². The summed E-state index contributed by atoms with van der Waals surface area (Å²) in [6.07, 6.45) is 0. The second-order valence-electron chi connectivity index (χ2n) is 7.31. The zero-order valence-electron chi connectivity index (χ0n) is 16.5. The van der Waals surface area contributed by atoms with Crippen LogP contribution in [0.25, 0.3) is 10.8 Å². The summed E-state index contributed by atoms with van der Waals surface area (Å²) in [6.45, 7) is 4.84. The topological polar surface area (TPSA) is 62.6 Å². The molecule has 1 atom stereocenters. The highest BCUT2D eigenvalue weighted by Crippen LogP contribution is 2.16. The number of carbonyl (C=O) groups is 2. The monoisotopic (exact) mass is 376 g/mol. The third kappa shape index (κ3) is 5.18. The highest BCUT2D eigenvalue weighted by atomic mass is 16.2. The number of fused-ring (bicyclic) bond motifs is 1. The molecule has 0 aromatic heterocycles. The second-order valence-corrected chi connectivity index (χ2v) is 7.31. The van der Waals surface area contributed by atoms with Gasteiger partial charge in [-0.05, 0) is 42.3 Å². The van der Waals surface area contributed by atoms with E-state index in [1.54, 1.807) is 0 Å². The number of hydrogen-bond acceptors (Lipinski definition) is 2. The van der Waals surface area contributed by atoms with Crippen LogP contribution in [0.4, 0.5) is 10.5 Å². The van der Waals surface area contributed by atoms with Crippen LogP contribution >= 0.6 is 0 Å². The van der Waals surface area contributed by atoms with Gasteiger partial charge < -0.3 is 10.2 Å². The van der Waals surface area contributed by atoms with Gasteiger partial charge in [0.05, 0.1) is 7.05 Å². The van der Waals surface area contributed by atoms with Crippen molar-refractivity contribution in [2.24, 2.45) is 0 Å². The van der Waals surface area contributed by atoms with Crippen LogP contribution < -0.4 is 15.5 Å². The first kappa shape index (κ1) is 19.6. The molecule has 0 bridgehead atoms. The Hall–Kier alpha value is -3.18. The van der Waals surface area contributed by atoms with E-state index in [1.165, 1.54) is 10.8 Å². The predicted octanol–water partition coefficient (Wildman–Crippen LogP) is 2.82. The Morgan fingerprint density at radius 1 is 0.929 bits per heavy atom. The van der Waals surface area contributed by atoms with Crippen LogP contribution in [0.3, 0.4) is 0 Å². The van der Waals surface area contributed by atoms with Gasteiger partial charge in [0.1, 0.15) is 6.54 Å². The van der Waals surface area contributed by atoms with Gasteiger partial charge in [0.2, 0.25) is 0 Å². The molecule has 5 nitrogen and oxygen atoms in total. The van der Waals surface area contributed by atoms with Crippen LogP contribution in [0.2, 0.25) is 0 Å². The van der Waals surface area contributed by atoms with Crippen molar-refractivity contribution >= 4 is 28.4 Å². The Morgan fingerprint density at radius 2 is 1.68 bits per heavy atom. The van der Waals surface area contributed by atoms with Crippen LogP contribution in [-0.4, -0.2) is 25.5 Å². The fourth-order valence-electron chi connectivity index (χ4n) is 3.31. The minimum Gasteiger partial charge on any atom is -0.326 e. The molecule has 3 amide bonds. The Bertz CT molecular complexity index is 1010. The molecule has 3 aromatic rings. The summed E-state index contributed by atoms with van der Waals surface area (Å²) in [7, 11) is 1.94. The minimum absolute atomic E-state index is 0.215. The van der Waals surface area contributed by atoms with Gasteiger partial charge in [0, 0.05) is 11.3 Å². The summed E-state index contributed by atoms with van der Waals surface area (Å²) in [5.41, 5.74) is 3.94. The number of hydrogen-bond donors (Lipinski definition) is 3. The number of urea groups is 1. The number of carbonyl (C=O) groups excluding carboxylic acids is 2. The smallest absolute Gasteiger partial charge is 0.326 e. The molecule has 0 aliphatic heterocycles. The number of anilines is 1. The summed E-state index contributed by atoms with van der Waals surface area (Å²) in [5.74, 6) is -0.305. The lowest BCUT2D eigenvalue weighted by atomic mass is 10.1. The lowest BCUT2D eigenvalue weighted by Crippen LogP contribution is -3.09. The molecule has 3 N–H and O–H groups in total. The molecule has 0 fully saturated rings.